The molecule has 0 spiro atoms. The van der Waals surface area contributed by atoms with Gasteiger partial charge in [0, 0.05) is 0 Å². The van der Waals surface area contributed by atoms with Crippen molar-refractivity contribution >= 4 is 17.3 Å². The van der Waals surface area contributed by atoms with E-state index in [4.69, 9.17) is 17.4 Å². The Morgan fingerprint density at radius 1 is 1.35 bits per heavy atom. The van der Waals surface area contributed by atoms with E-state index in [2.05, 4.69) is 10.5 Å². The molecule has 0 saturated carbocycles. The highest BCUT2D eigenvalue weighted by Gasteiger charge is 2.08. The number of aromatic nitrogens is 2. The zero-order chi connectivity index (χ0) is 12.3. The monoisotopic (exact) mass is 250 g/mol. The number of nitrogen functional groups attached to an aromatic ring is 1. The quantitative estimate of drug-likeness (QED) is 0.635. The molecule has 0 saturated heterocycles. The number of hydrogen-bond acceptors (Lipinski definition) is 4. The average molecular weight is 251 g/mol. The molecule has 0 fully saturated rings. The fraction of sp³-hybridized carbons (Fsp3) is 0.0909. The number of rotatable bonds is 3. The third-order valence-electron chi connectivity index (χ3n) is 2.32. The highest BCUT2D eigenvalue weighted by atomic mass is 35.5. The Morgan fingerprint density at radius 3 is 2.71 bits per heavy atom. The van der Waals surface area contributed by atoms with Crippen LogP contribution in [0.2, 0.25) is 5.02 Å². The van der Waals surface area contributed by atoms with Crippen LogP contribution in [0.4, 0.5) is 5.69 Å². The summed E-state index contributed by atoms with van der Waals surface area (Å²) >= 11 is 5.85. The summed E-state index contributed by atoms with van der Waals surface area (Å²) in [6, 6.07) is 9.54. The van der Waals surface area contributed by atoms with Crippen LogP contribution in [0.1, 0.15) is 5.56 Å². The summed E-state index contributed by atoms with van der Waals surface area (Å²) in [5.74, 6) is 5.20. The van der Waals surface area contributed by atoms with E-state index < -0.39 is 0 Å². The van der Waals surface area contributed by atoms with E-state index in [1.54, 1.807) is 0 Å². The largest absolute Gasteiger partial charge is 0.321 e. The summed E-state index contributed by atoms with van der Waals surface area (Å²) in [6.07, 6.45) is 1.42. The van der Waals surface area contributed by atoms with Crippen molar-refractivity contribution in [2.75, 3.05) is 5.43 Å². The normalized spacial score (nSPS) is 10.2. The molecule has 1 heterocycles. The predicted octanol–water partition coefficient (Wildman–Crippen LogP) is 1.23. The maximum Gasteiger partial charge on any atom is 0.288 e. The summed E-state index contributed by atoms with van der Waals surface area (Å²) in [6.45, 7) is 0.379. The lowest BCUT2D eigenvalue weighted by Crippen LogP contribution is -2.25. The second-order valence-electron chi connectivity index (χ2n) is 3.46. The molecule has 2 aromatic rings. The zero-order valence-corrected chi connectivity index (χ0v) is 9.69. The molecule has 3 N–H and O–H groups in total. The molecule has 1 aromatic heterocycles. The summed E-state index contributed by atoms with van der Waals surface area (Å²) in [5, 5.41) is 4.02. The maximum atomic E-state index is 11.8. The van der Waals surface area contributed by atoms with Crippen LogP contribution in [0.15, 0.2) is 41.3 Å². The van der Waals surface area contributed by atoms with Gasteiger partial charge in [-0.1, -0.05) is 41.9 Å². The minimum Gasteiger partial charge on any atom is -0.321 e. The molecule has 88 valence electrons. The van der Waals surface area contributed by atoms with Gasteiger partial charge in [0.15, 0.2) is 0 Å². The second-order valence-corrected chi connectivity index (χ2v) is 3.84. The van der Waals surface area contributed by atoms with Gasteiger partial charge in [-0.25, -0.2) is 4.68 Å². The molecule has 5 nitrogen and oxygen atoms in total. The van der Waals surface area contributed by atoms with Crippen molar-refractivity contribution in [1.29, 1.82) is 0 Å². The highest BCUT2D eigenvalue weighted by Crippen LogP contribution is 2.13. The third kappa shape index (κ3) is 2.46. The van der Waals surface area contributed by atoms with Crippen LogP contribution in [0.25, 0.3) is 0 Å². The van der Waals surface area contributed by atoms with Gasteiger partial charge in [-0.2, -0.15) is 5.10 Å². The van der Waals surface area contributed by atoms with Gasteiger partial charge in [-0.15, -0.1) is 0 Å². The number of hydrazine groups is 1. The van der Waals surface area contributed by atoms with Gasteiger partial charge in [0.2, 0.25) is 0 Å². The molecule has 0 unspecified atom stereocenters. The molecule has 0 bridgehead atoms. The first-order valence-electron chi connectivity index (χ1n) is 4.98. The number of nitrogens with two attached hydrogens (primary N) is 1. The number of halogens is 1. The Hall–Kier alpha value is -1.85. The molecule has 0 amide bonds. The van der Waals surface area contributed by atoms with E-state index in [1.165, 1.54) is 10.9 Å². The lowest BCUT2D eigenvalue weighted by molar-refractivity contribution is 0.640. The van der Waals surface area contributed by atoms with Crippen molar-refractivity contribution in [2.45, 2.75) is 6.54 Å². The van der Waals surface area contributed by atoms with Gasteiger partial charge in [-0.05, 0) is 5.56 Å². The number of nitrogens with zero attached hydrogens (tertiary/aromatic N) is 2. The number of benzene rings is 1. The first-order valence-corrected chi connectivity index (χ1v) is 5.36. The standard InChI is InChI=1S/C11H11ClN4O/c12-10-9(15-13)6-14-16(11(10)17)7-8-4-2-1-3-5-8/h1-6,15H,7,13H2. The Labute approximate surface area is 103 Å². The fourth-order valence-corrected chi connectivity index (χ4v) is 1.64. The SMILES string of the molecule is NNc1cnn(Cc2ccccc2)c(=O)c1Cl. The molecule has 1 aromatic carbocycles. The molecule has 0 aliphatic heterocycles. The fourth-order valence-electron chi connectivity index (χ4n) is 1.43. The Balaban J connectivity index is 2.35. The smallest absolute Gasteiger partial charge is 0.288 e. The van der Waals surface area contributed by atoms with Crippen molar-refractivity contribution in [2.24, 2.45) is 5.84 Å². The number of hydrogen-bond donors (Lipinski definition) is 2. The van der Waals surface area contributed by atoms with Crippen molar-refractivity contribution in [1.82, 2.24) is 9.78 Å². The third-order valence-corrected chi connectivity index (χ3v) is 2.68. The molecule has 0 radical (unpaired) electrons. The first kappa shape index (κ1) is 11.6. The highest BCUT2D eigenvalue weighted by molar-refractivity contribution is 6.32. The van der Waals surface area contributed by atoms with Crippen molar-refractivity contribution in [3.05, 3.63) is 57.5 Å². The van der Waals surface area contributed by atoms with Crippen LogP contribution < -0.4 is 16.8 Å². The van der Waals surface area contributed by atoms with Crippen molar-refractivity contribution < 1.29 is 0 Å². The van der Waals surface area contributed by atoms with E-state index in [-0.39, 0.29) is 10.6 Å². The second kappa shape index (κ2) is 4.99. The van der Waals surface area contributed by atoms with Gasteiger partial charge in [0.25, 0.3) is 5.56 Å². The van der Waals surface area contributed by atoms with Crippen LogP contribution in [0.3, 0.4) is 0 Å². The molecular weight excluding hydrogens is 240 g/mol. The zero-order valence-electron chi connectivity index (χ0n) is 8.93. The lowest BCUT2D eigenvalue weighted by atomic mass is 10.2. The molecule has 0 aliphatic carbocycles. The average Bonchev–Trinajstić information content (AvgIpc) is 2.37. The van der Waals surface area contributed by atoms with E-state index >= 15 is 0 Å². The Bertz CT molecular complexity index is 567. The van der Waals surface area contributed by atoms with Crippen LogP contribution in [-0.4, -0.2) is 9.78 Å². The van der Waals surface area contributed by atoms with Gasteiger partial charge < -0.3 is 5.43 Å². The van der Waals surface area contributed by atoms with Crippen LogP contribution in [0, 0.1) is 0 Å². The van der Waals surface area contributed by atoms with Crippen LogP contribution >= 0.6 is 11.6 Å². The van der Waals surface area contributed by atoms with Gasteiger partial charge >= 0.3 is 0 Å². The van der Waals surface area contributed by atoms with Crippen molar-refractivity contribution in [3.8, 4) is 0 Å². The molecule has 17 heavy (non-hydrogen) atoms. The Kier molecular flexibility index (Phi) is 3.41. The number of nitrogens with one attached hydrogen (secondary N) is 1. The molecule has 2 rings (SSSR count). The van der Waals surface area contributed by atoms with Gasteiger partial charge in [0.1, 0.15) is 5.02 Å². The van der Waals surface area contributed by atoms with Crippen LogP contribution in [-0.2, 0) is 6.54 Å². The summed E-state index contributed by atoms with van der Waals surface area (Å²) in [7, 11) is 0. The van der Waals surface area contributed by atoms with Crippen LogP contribution in [0.5, 0.6) is 0 Å². The van der Waals surface area contributed by atoms with Crippen molar-refractivity contribution in [3.63, 3.8) is 0 Å². The van der Waals surface area contributed by atoms with E-state index in [0.717, 1.165) is 5.56 Å². The van der Waals surface area contributed by atoms with Gasteiger partial charge in [0.05, 0.1) is 18.4 Å². The maximum absolute atomic E-state index is 11.8. The summed E-state index contributed by atoms with van der Waals surface area (Å²) in [5.41, 5.74) is 3.25. The molecule has 6 heteroatoms. The molecule has 0 atom stereocenters. The first-order chi connectivity index (χ1) is 8.22. The van der Waals surface area contributed by atoms with E-state index in [0.29, 0.717) is 12.2 Å². The molecular formula is C11H11ClN4O. The summed E-state index contributed by atoms with van der Waals surface area (Å²) in [4.78, 5) is 11.8. The minimum absolute atomic E-state index is 0.0402. The lowest BCUT2D eigenvalue weighted by Gasteiger charge is -2.07. The minimum atomic E-state index is -0.369. The Morgan fingerprint density at radius 2 is 2.06 bits per heavy atom. The summed E-state index contributed by atoms with van der Waals surface area (Å²) < 4.78 is 1.29. The van der Waals surface area contributed by atoms with E-state index in [9.17, 15) is 4.79 Å². The number of anilines is 1. The van der Waals surface area contributed by atoms with Gasteiger partial charge in [-0.3, -0.25) is 10.6 Å². The molecule has 0 aliphatic rings. The topological polar surface area (TPSA) is 72.9 Å². The van der Waals surface area contributed by atoms with E-state index in [1.807, 2.05) is 30.3 Å². The predicted molar refractivity (Wildman–Crippen MR) is 66.9 cm³/mol.